The Morgan fingerprint density at radius 3 is 2.69 bits per heavy atom. The quantitative estimate of drug-likeness (QED) is 0.710. The van der Waals surface area contributed by atoms with Gasteiger partial charge in [-0.15, -0.1) is 6.58 Å². The van der Waals surface area contributed by atoms with Crippen molar-refractivity contribution < 1.29 is 24.1 Å². The van der Waals surface area contributed by atoms with E-state index in [2.05, 4.69) is 6.58 Å². The van der Waals surface area contributed by atoms with Gasteiger partial charge in [-0.2, -0.15) is 0 Å². The molecular formula is C11H18O5. The minimum absolute atomic E-state index is 0.103. The van der Waals surface area contributed by atoms with E-state index in [1.54, 1.807) is 6.08 Å². The van der Waals surface area contributed by atoms with E-state index in [4.69, 9.17) is 18.9 Å². The van der Waals surface area contributed by atoms with Crippen LogP contribution in [-0.4, -0.2) is 48.7 Å². The molecule has 1 unspecified atom stereocenters. The molecule has 4 atom stereocenters. The van der Waals surface area contributed by atoms with Gasteiger partial charge in [0, 0.05) is 0 Å². The summed E-state index contributed by atoms with van der Waals surface area (Å²) < 4.78 is 22.3. The number of hydrogen-bond donors (Lipinski definition) is 1. The molecule has 2 aliphatic heterocycles. The molecule has 0 aromatic heterocycles. The smallest absolute Gasteiger partial charge is 0.187 e. The van der Waals surface area contributed by atoms with Crippen molar-refractivity contribution in [3.05, 3.63) is 12.7 Å². The van der Waals surface area contributed by atoms with E-state index in [0.29, 0.717) is 6.61 Å². The molecule has 2 rings (SSSR count). The first-order valence-electron chi connectivity index (χ1n) is 5.42. The molecule has 2 saturated heterocycles. The Morgan fingerprint density at radius 2 is 2.06 bits per heavy atom. The molecule has 0 aliphatic carbocycles. The molecule has 5 nitrogen and oxygen atoms in total. The maximum atomic E-state index is 9.19. The van der Waals surface area contributed by atoms with Crippen molar-refractivity contribution in [1.29, 1.82) is 0 Å². The van der Waals surface area contributed by atoms with Crippen molar-refractivity contribution in [2.24, 2.45) is 0 Å². The summed E-state index contributed by atoms with van der Waals surface area (Å²) in [6.45, 7) is 7.53. The van der Waals surface area contributed by atoms with Gasteiger partial charge in [0.15, 0.2) is 12.1 Å². The van der Waals surface area contributed by atoms with Crippen LogP contribution in [0.25, 0.3) is 0 Å². The van der Waals surface area contributed by atoms with E-state index in [1.807, 2.05) is 13.8 Å². The molecule has 0 amide bonds. The first kappa shape index (κ1) is 12.0. The average molecular weight is 230 g/mol. The van der Waals surface area contributed by atoms with E-state index in [9.17, 15) is 5.11 Å². The second-order valence-electron chi connectivity index (χ2n) is 4.41. The summed E-state index contributed by atoms with van der Waals surface area (Å²) in [5, 5.41) is 9.19. The summed E-state index contributed by atoms with van der Waals surface area (Å²) in [7, 11) is 0. The molecular weight excluding hydrogens is 212 g/mol. The highest BCUT2D eigenvalue weighted by atomic mass is 16.8. The van der Waals surface area contributed by atoms with Crippen LogP contribution in [0.4, 0.5) is 0 Å². The van der Waals surface area contributed by atoms with Crippen LogP contribution >= 0.6 is 0 Å². The zero-order valence-corrected chi connectivity index (χ0v) is 9.59. The highest BCUT2D eigenvalue weighted by Crippen LogP contribution is 2.38. The predicted molar refractivity (Wildman–Crippen MR) is 55.7 cm³/mol. The van der Waals surface area contributed by atoms with Crippen LogP contribution in [0.1, 0.15) is 13.8 Å². The first-order valence-corrected chi connectivity index (χ1v) is 5.42. The monoisotopic (exact) mass is 230 g/mol. The highest BCUT2D eigenvalue weighted by molar-refractivity contribution is 4.95. The predicted octanol–water partition coefficient (Wildman–Crippen LogP) is 0.426. The summed E-state index contributed by atoms with van der Waals surface area (Å²) >= 11 is 0. The lowest BCUT2D eigenvalue weighted by atomic mass is 10.1. The fourth-order valence-corrected chi connectivity index (χ4v) is 2.09. The van der Waals surface area contributed by atoms with Crippen LogP contribution in [0.15, 0.2) is 12.7 Å². The van der Waals surface area contributed by atoms with Crippen molar-refractivity contribution in [2.75, 3.05) is 13.2 Å². The Hall–Kier alpha value is -0.460. The van der Waals surface area contributed by atoms with Crippen molar-refractivity contribution in [3.63, 3.8) is 0 Å². The summed E-state index contributed by atoms with van der Waals surface area (Å²) in [6.07, 6.45) is 0.205. The molecule has 2 fully saturated rings. The lowest BCUT2D eigenvalue weighted by Gasteiger charge is -2.23. The third-order valence-corrected chi connectivity index (χ3v) is 2.67. The standard InChI is InChI=1S/C11H18O5/c1-4-5-13-10-9-8(7(6-12)14-10)15-11(2,3)16-9/h4,7-10,12H,1,5-6H2,2-3H3/t7-,8-,9-,10?/m1/s1. The molecule has 0 radical (unpaired) electrons. The van der Waals surface area contributed by atoms with Gasteiger partial charge < -0.3 is 24.1 Å². The van der Waals surface area contributed by atoms with Gasteiger partial charge in [0.25, 0.3) is 0 Å². The summed E-state index contributed by atoms with van der Waals surface area (Å²) in [6, 6.07) is 0. The minimum atomic E-state index is -0.650. The van der Waals surface area contributed by atoms with Crippen molar-refractivity contribution in [2.45, 2.75) is 44.2 Å². The molecule has 0 saturated carbocycles. The van der Waals surface area contributed by atoms with Gasteiger partial charge in [0.05, 0.1) is 13.2 Å². The Morgan fingerprint density at radius 1 is 1.38 bits per heavy atom. The van der Waals surface area contributed by atoms with Crippen LogP contribution in [0.2, 0.25) is 0 Å². The lowest BCUT2D eigenvalue weighted by Crippen LogP contribution is -2.32. The molecule has 2 heterocycles. The van der Waals surface area contributed by atoms with Crippen molar-refractivity contribution >= 4 is 0 Å². The first-order chi connectivity index (χ1) is 7.57. The average Bonchev–Trinajstić information content (AvgIpc) is 2.69. The number of aliphatic hydroxyl groups excluding tert-OH is 1. The molecule has 0 aromatic carbocycles. The number of ether oxygens (including phenoxy) is 4. The fourth-order valence-electron chi connectivity index (χ4n) is 2.09. The Kier molecular flexibility index (Phi) is 3.32. The lowest BCUT2D eigenvalue weighted by molar-refractivity contribution is -0.233. The normalized spacial score (nSPS) is 40.9. The van der Waals surface area contributed by atoms with Gasteiger partial charge in [0.2, 0.25) is 0 Å². The number of fused-ring (bicyclic) bond motifs is 1. The molecule has 16 heavy (non-hydrogen) atoms. The number of rotatable bonds is 4. The van der Waals surface area contributed by atoms with E-state index < -0.39 is 12.1 Å². The molecule has 0 bridgehead atoms. The molecule has 1 N–H and O–H groups in total. The zero-order chi connectivity index (χ0) is 11.8. The third-order valence-electron chi connectivity index (χ3n) is 2.67. The number of aliphatic hydroxyl groups is 1. The van der Waals surface area contributed by atoms with Crippen LogP contribution in [0.3, 0.4) is 0 Å². The molecule has 2 aliphatic rings. The summed E-state index contributed by atoms with van der Waals surface area (Å²) in [4.78, 5) is 0. The molecule has 5 heteroatoms. The van der Waals surface area contributed by atoms with Gasteiger partial charge in [0.1, 0.15) is 18.3 Å². The zero-order valence-electron chi connectivity index (χ0n) is 9.59. The summed E-state index contributed by atoms with van der Waals surface area (Å²) in [5.74, 6) is -0.650. The topological polar surface area (TPSA) is 57.2 Å². The van der Waals surface area contributed by atoms with Gasteiger partial charge in [-0.3, -0.25) is 0 Å². The van der Waals surface area contributed by atoms with Crippen LogP contribution in [0.5, 0.6) is 0 Å². The fraction of sp³-hybridized carbons (Fsp3) is 0.818. The van der Waals surface area contributed by atoms with Crippen molar-refractivity contribution in [1.82, 2.24) is 0 Å². The second-order valence-corrected chi connectivity index (χ2v) is 4.41. The van der Waals surface area contributed by atoms with E-state index in [0.717, 1.165) is 0 Å². The largest absolute Gasteiger partial charge is 0.394 e. The molecule has 92 valence electrons. The number of hydrogen-bond acceptors (Lipinski definition) is 5. The summed E-state index contributed by atoms with van der Waals surface area (Å²) in [5.41, 5.74) is 0. The van der Waals surface area contributed by atoms with Gasteiger partial charge >= 0.3 is 0 Å². The van der Waals surface area contributed by atoms with Crippen LogP contribution in [0, 0.1) is 0 Å². The maximum absolute atomic E-state index is 9.19. The van der Waals surface area contributed by atoms with E-state index in [-0.39, 0.29) is 24.9 Å². The SMILES string of the molecule is C=CCOC1O[C@H](CO)[C@H]2OC(C)(C)O[C@@H]12. The van der Waals surface area contributed by atoms with Gasteiger partial charge in [-0.25, -0.2) is 0 Å². The molecule has 0 spiro atoms. The van der Waals surface area contributed by atoms with Crippen LogP contribution in [-0.2, 0) is 18.9 Å². The Bertz CT molecular complexity index is 265. The van der Waals surface area contributed by atoms with Crippen molar-refractivity contribution in [3.8, 4) is 0 Å². The van der Waals surface area contributed by atoms with Gasteiger partial charge in [-0.05, 0) is 13.8 Å². The highest BCUT2D eigenvalue weighted by Gasteiger charge is 2.55. The Balaban J connectivity index is 2.04. The minimum Gasteiger partial charge on any atom is -0.394 e. The third kappa shape index (κ3) is 2.14. The Labute approximate surface area is 94.9 Å². The molecule has 0 aromatic rings. The van der Waals surface area contributed by atoms with E-state index >= 15 is 0 Å². The maximum Gasteiger partial charge on any atom is 0.187 e. The second kappa shape index (κ2) is 4.43. The van der Waals surface area contributed by atoms with Gasteiger partial charge in [-0.1, -0.05) is 6.08 Å². The van der Waals surface area contributed by atoms with Crippen LogP contribution < -0.4 is 0 Å². The van der Waals surface area contributed by atoms with E-state index in [1.165, 1.54) is 0 Å².